The Kier molecular flexibility index (Phi) is 2.05. The molecule has 3 nitrogen and oxygen atoms in total. The maximum absolute atomic E-state index is 11.6. The highest BCUT2D eigenvalue weighted by Gasteiger charge is 2.34. The fraction of sp³-hybridized carbons (Fsp3) is 0.889. The molecule has 2 fully saturated rings. The zero-order chi connectivity index (χ0) is 8.55. The van der Waals surface area contributed by atoms with Crippen LogP contribution in [-0.4, -0.2) is 29.9 Å². The molecule has 2 aliphatic rings. The number of likely N-dealkylation sites (tertiary alicyclic amines) is 1. The molecule has 0 aromatic rings. The van der Waals surface area contributed by atoms with Gasteiger partial charge in [0.2, 0.25) is 5.91 Å². The van der Waals surface area contributed by atoms with Crippen molar-refractivity contribution in [2.45, 2.75) is 31.7 Å². The van der Waals surface area contributed by atoms with Crippen molar-refractivity contribution in [3.8, 4) is 0 Å². The number of carbonyl (C=O) groups is 1. The van der Waals surface area contributed by atoms with Gasteiger partial charge in [0, 0.05) is 25.0 Å². The second kappa shape index (κ2) is 3.05. The number of hydrogen-bond donors (Lipinski definition) is 1. The van der Waals surface area contributed by atoms with E-state index in [1.807, 2.05) is 4.90 Å². The summed E-state index contributed by atoms with van der Waals surface area (Å²) in [4.78, 5) is 13.5. The molecule has 1 saturated heterocycles. The highest BCUT2D eigenvalue weighted by atomic mass is 16.2. The first-order valence-electron chi connectivity index (χ1n) is 4.82. The molecule has 1 atom stereocenters. The average Bonchev–Trinajstić information content (AvgIpc) is 2.85. The summed E-state index contributed by atoms with van der Waals surface area (Å²) in [5.41, 5.74) is 5.79. The number of hydrogen-bond acceptors (Lipinski definition) is 2. The topological polar surface area (TPSA) is 46.3 Å². The Morgan fingerprint density at radius 2 is 2.08 bits per heavy atom. The third kappa shape index (κ3) is 1.61. The minimum Gasteiger partial charge on any atom is -0.341 e. The molecule has 0 radical (unpaired) electrons. The molecule has 1 heterocycles. The van der Waals surface area contributed by atoms with E-state index in [2.05, 4.69) is 0 Å². The molecule has 1 saturated carbocycles. The summed E-state index contributed by atoms with van der Waals surface area (Å²) >= 11 is 0. The largest absolute Gasteiger partial charge is 0.341 e. The van der Waals surface area contributed by atoms with Crippen molar-refractivity contribution in [1.82, 2.24) is 4.90 Å². The monoisotopic (exact) mass is 168 g/mol. The molecule has 1 aliphatic carbocycles. The van der Waals surface area contributed by atoms with Crippen LogP contribution >= 0.6 is 0 Å². The first-order chi connectivity index (χ1) is 5.77. The summed E-state index contributed by atoms with van der Waals surface area (Å²) in [6.07, 6.45) is 4.36. The van der Waals surface area contributed by atoms with Gasteiger partial charge in [-0.25, -0.2) is 0 Å². The third-order valence-corrected chi connectivity index (χ3v) is 2.70. The van der Waals surface area contributed by atoms with Gasteiger partial charge in [0.05, 0.1) is 0 Å². The molecule has 0 aromatic carbocycles. The zero-order valence-electron chi connectivity index (χ0n) is 7.33. The Balaban J connectivity index is 1.89. The van der Waals surface area contributed by atoms with E-state index in [9.17, 15) is 4.79 Å². The fourth-order valence-electron chi connectivity index (χ4n) is 1.80. The van der Waals surface area contributed by atoms with Crippen LogP contribution in [0.3, 0.4) is 0 Å². The second-order valence-electron chi connectivity index (χ2n) is 3.96. The summed E-state index contributed by atoms with van der Waals surface area (Å²) in [7, 11) is 0. The van der Waals surface area contributed by atoms with Crippen LogP contribution in [0.4, 0.5) is 0 Å². The Labute approximate surface area is 72.9 Å². The quantitative estimate of drug-likeness (QED) is 0.614. The maximum Gasteiger partial charge on any atom is 0.225 e. The Morgan fingerprint density at radius 3 is 2.67 bits per heavy atom. The number of rotatable bonds is 1. The van der Waals surface area contributed by atoms with Gasteiger partial charge >= 0.3 is 0 Å². The van der Waals surface area contributed by atoms with Crippen molar-refractivity contribution >= 4 is 5.91 Å². The van der Waals surface area contributed by atoms with Crippen LogP contribution in [0.1, 0.15) is 25.7 Å². The predicted octanol–water partition coefficient (Wildman–Crippen LogP) is 0.346. The van der Waals surface area contributed by atoms with Gasteiger partial charge in [0.15, 0.2) is 0 Å². The highest BCUT2D eigenvalue weighted by molar-refractivity contribution is 5.81. The lowest BCUT2D eigenvalue weighted by Gasteiger charge is -2.30. The maximum atomic E-state index is 11.6. The van der Waals surface area contributed by atoms with Crippen molar-refractivity contribution in [1.29, 1.82) is 0 Å². The molecular weight excluding hydrogens is 152 g/mol. The van der Waals surface area contributed by atoms with Crippen molar-refractivity contribution in [2.75, 3.05) is 13.1 Å². The standard InChI is InChI=1S/C9H16N2O/c10-8-2-1-5-11(6-8)9(12)7-3-4-7/h7-8H,1-6,10H2/t8-/m0/s1. The van der Waals surface area contributed by atoms with Gasteiger partial charge in [0.1, 0.15) is 0 Å². The minimum atomic E-state index is 0.224. The van der Waals surface area contributed by atoms with E-state index in [0.29, 0.717) is 11.8 Å². The van der Waals surface area contributed by atoms with E-state index in [1.165, 1.54) is 0 Å². The number of nitrogens with zero attached hydrogens (tertiary/aromatic N) is 1. The normalized spacial score (nSPS) is 30.4. The smallest absolute Gasteiger partial charge is 0.225 e. The lowest BCUT2D eigenvalue weighted by molar-refractivity contribution is -0.133. The van der Waals surface area contributed by atoms with Crippen LogP contribution in [0, 0.1) is 5.92 Å². The van der Waals surface area contributed by atoms with Gasteiger partial charge in [-0.3, -0.25) is 4.79 Å². The molecule has 0 bridgehead atoms. The van der Waals surface area contributed by atoms with Crippen LogP contribution in [0.2, 0.25) is 0 Å². The first-order valence-corrected chi connectivity index (χ1v) is 4.82. The average molecular weight is 168 g/mol. The van der Waals surface area contributed by atoms with Crippen LogP contribution in [0.5, 0.6) is 0 Å². The van der Waals surface area contributed by atoms with Gasteiger partial charge in [0.25, 0.3) is 0 Å². The molecule has 0 aromatic heterocycles. The molecule has 0 unspecified atom stereocenters. The minimum absolute atomic E-state index is 0.224. The zero-order valence-corrected chi connectivity index (χ0v) is 7.33. The Hall–Kier alpha value is -0.570. The number of carbonyl (C=O) groups excluding carboxylic acids is 1. The first kappa shape index (κ1) is 8.05. The molecule has 2 rings (SSSR count). The van der Waals surface area contributed by atoms with Crippen LogP contribution in [0.25, 0.3) is 0 Å². The fourth-order valence-corrected chi connectivity index (χ4v) is 1.80. The molecule has 1 amide bonds. The molecule has 1 aliphatic heterocycles. The van der Waals surface area contributed by atoms with E-state index in [1.54, 1.807) is 0 Å². The molecule has 12 heavy (non-hydrogen) atoms. The summed E-state index contributed by atoms with van der Waals surface area (Å²) < 4.78 is 0. The number of amides is 1. The number of piperidine rings is 1. The molecule has 0 spiro atoms. The van der Waals surface area contributed by atoms with E-state index in [-0.39, 0.29) is 6.04 Å². The molecular formula is C9H16N2O. The van der Waals surface area contributed by atoms with Crippen molar-refractivity contribution < 1.29 is 4.79 Å². The summed E-state index contributed by atoms with van der Waals surface area (Å²) in [6.45, 7) is 1.72. The van der Waals surface area contributed by atoms with E-state index in [0.717, 1.165) is 38.8 Å². The third-order valence-electron chi connectivity index (χ3n) is 2.70. The van der Waals surface area contributed by atoms with E-state index in [4.69, 9.17) is 5.73 Å². The van der Waals surface area contributed by atoms with E-state index < -0.39 is 0 Å². The van der Waals surface area contributed by atoms with Gasteiger partial charge in [-0.15, -0.1) is 0 Å². The van der Waals surface area contributed by atoms with Crippen molar-refractivity contribution in [2.24, 2.45) is 11.7 Å². The number of nitrogens with two attached hydrogens (primary N) is 1. The van der Waals surface area contributed by atoms with Crippen molar-refractivity contribution in [3.05, 3.63) is 0 Å². The van der Waals surface area contributed by atoms with Crippen LogP contribution < -0.4 is 5.73 Å². The lowest BCUT2D eigenvalue weighted by atomic mass is 10.1. The Morgan fingerprint density at radius 1 is 1.33 bits per heavy atom. The summed E-state index contributed by atoms with van der Waals surface area (Å²) in [5, 5.41) is 0. The molecule has 3 heteroatoms. The lowest BCUT2D eigenvalue weighted by Crippen LogP contribution is -2.46. The van der Waals surface area contributed by atoms with Crippen LogP contribution in [-0.2, 0) is 4.79 Å². The SMILES string of the molecule is N[C@H]1CCCN(C(=O)C2CC2)C1. The summed E-state index contributed by atoms with van der Waals surface area (Å²) in [6, 6.07) is 0.224. The van der Waals surface area contributed by atoms with Gasteiger partial charge < -0.3 is 10.6 Å². The predicted molar refractivity (Wildman–Crippen MR) is 46.5 cm³/mol. The molecule has 68 valence electrons. The molecule has 2 N–H and O–H groups in total. The van der Waals surface area contributed by atoms with Gasteiger partial charge in [-0.1, -0.05) is 0 Å². The highest BCUT2D eigenvalue weighted by Crippen LogP contribution is 2.31. The van der Waals surface area contributed by atoms with Crippen LogP contribution in [0.15, 0.2) is 0 Å². The van der Waals surface area contributed by atoms with Crippen molar-refractivity contribution in [3.63, 3.8) is 0 Å². The van der Waals surface area contributed by atoms with Gasteiger partial charge in [-0.05, 0) is 25.7 Å². The summed E-state index contributed by atoms with van der Waals surface area (Å²) in [5.74, 6) is 0.709. The van der Waals surface area contributed by atoms with Gasteiger partial charge in [-0.2, -0.15) is 0 Å². The Bertz CT molecular complexity index is 189. The van der Waals surface area contributed by atoms with E-state index >= 15 is 0 Å². The second-order valence-corrected chi connectivity index (χ2v) is 3.96.